The number of rotatable bonds is 6. The minimum absolute atomic E-state index is 0.0273. The van der Waals surface area contributed by atoms with Crippen molar-refractivity contribution in [1.29, 1.82) is 0 Å². The summed E-state index contributed by atoms with van der Waals surface area (Å²) in [7, 11) is 0. The van der Waals surface area contributed by atoms with Crippen molar-refractivity contribution < 1.29 is 14.3 Å². The van der Waals surface area contributed by atoms with Gasteiger partial charge in [0, 0.05) is 12.0 Å². The summed E-state index contributed by atoms with van der Waals surface area (Å²) in [5.41, 5.74) is 1.29. The number of thiophene rings is 1. The van der Waals surface area contributed by atoms with Crippen molar-refractivity contribution in [3.63, 3.8) is 0 Å². The first kappa shape index (κ1) is 17.2. The fourth-order valence-corrected chi connectivity index (χ4v) is 4.19. The normalized spacial score (nSPS) is 15.4. The van der Waals surface area contributed by atoms with Gasteiger partial charge in [0.2, 0.25) is 0 Å². The number of amides is 1. The monoisotopic (exact) mass is 407 g/mol. The molecule has 0 aliphatic heterocycles. The number of carbonyl (C=O) groups excluding carboxylic acids is 2. The van der Waals surface area contributed by atoms with Gasteiger partial charge < -0.3 is 10.1 Å². The number of nitrogens with one attached hydrogen (secondary N) is 1. The molecule has 1 heterocycles. The van der Waals surface area contributed by atoms with E-state index in [1.54, 1.807) is 12.1 Å². The molecule has 4 nitrogen and oxygen atoms in total. The third kappa shape index (κ3) is 3.87. The smallest absolute Gasteiger partial charge is 0.348 e. The standard InChI is InChI=1S/C18H18BrNO3S/c19-15-8-7-14(24-15)17(22)23-11-16(21)20-12-18(9-4-10-18)13-5-2-1-3-6-13/h1-3,5-8H,4,9-12H2,(H,20,21). The maximum Gasteiger partial charge on any atom is 0.348 e. The van der Waals surface area contributed by atoms with Gasteiger partial charge in [0.15, 0.2) is 6.61 Å². The van der Waals surface area contributed by atoms with Crippen molar-refractivity contribution in [3.05, 3.63) is 56.7 Å². The lowest BCUT2D eigenvalue weighted by Gasteiger charge is -2.42. The molecule has 0 bridgehead atoms. The minimum atomic E-state index is -0.470. The zero-order valence-electron chi connectivity index (χ0n) is 13.1. The highest BCUT2D eigenvalue weighted by Gasteiger charge is 2.38. The van der Waals surface area contributed by atoms with E-state index in [2.05, 4.69) is 33.4 Å². The van der Waals surface area contributed by atoms with E-state index in [1.165, 1.54) is 23.3 Å². The first-order chi connectivity index (χ1) is 11.6. The maximum atomic E-state index is 12.0. The number of esters is 1. The van der Waals surface area contributed by atoms with Crippen molar-refractivity contribution >= 4 is 39.1 Å². The molecule has 6 heteroatoms. The summed E-state index contributed by atoms with van der Waals surface area (Å²) >= 11 is 4.58. The molecular formula is C18H18BrNO3S. The van der Waals surface area contributed by atoms with Gasteiger partial charge in [0.1, 0.15) is 4.88 Å². The van der Waals surface area contributed by atoms with Crippen LogP contribution in [0.5, 0.6) is 0 Å². The Morgan fingerprint density at radius 1 is 1.17 bits per heavy atom. The predicted molar refractivity (Wildman–Crippen MR) is 97.3 cm³/mol. The molecule has 1 aliphatic carbocycles. The average molecular weight is 408 g/mol. The topological polar surface area (TPSA) is 55.4 Å². The molecule has 1 amide bonds. The lowest BCUT2D eigenvalue weighted by Crippen LogP contribution is -2.46. The lowest BCUT2D eigenvalue weighted by atomic mass is 9.64. The molecule has 1 aliphatic rings. The predicted octanol–water partition coefficient (Wildman–Crippen LogP) is 3.91. The number of ether oxygens (including phenoxy) is 1. The minimum Gasteiger partial charge on any atom is -0.451 e. The fraction of sp³-hybridized carbons (Fsp3) is 0.333. The molecular weight excluding hydrogens is 390 g/mol. The van der Waals surface area contributed by atoms with Gasteiger partial charge >= 0.3 is 5.97 Å². The van der Waals surface area contributed by atoms with E-state index in [9.17, 15) is 9.59 Å². The Labute approximate surface area is 153 Å². The number of halogens is 1. The van der Waals surface area contributed by atoms with Crippen LogP contribution < -0.4 is 5.32 Å². The summed E-state index contributed by atoms with van der Waals surface area (Å²) in [4.78, 5) is 24.3. The molecule has 0 saturated heterocycles. The van der Waals surface area contributed by atoms with Gasteiger partial charge in [-0.25, -0.2) is 4.79 Å². The highest BCUT2D eigenvalue weighted by atomic mass is 79.9. The second-order valence-electron chi connectivity index (χ2n) is 5.96. The van der Waals surface area contributed by atoms with Crippen LogP contribution in [0.15, 0.2) is 46.3 Å². The lowest BCUT2D eigenvalue weighted by molar-refractivity contribution is -0.124. The molecule has 2 aromatic rings. The Bertz CT molecular complexity index is 725. The van der Waals surface area contributed by atoms with Crippen LogP contribution in [0.4, 0.5) is 0 Å². The fourth-order valence-electron chi connectivity index (χ4n) is 2.91. The van der Waals surface area contributed by atoms with E-state index in [4.69, 9.17) is 4.74 Å². The van der Waals surface area contributed by atoms with E-state index in [0.29, 0.717) is 11.4 Å². The van der Waals surface area contributed by atoms with E-state index in [1.807, 2.05) is 18.2 Å². The third-order valence-corrected chi connectivity index (χ3v) is 6.03. The van der Waals surface area contributed by atoms with Crippen LogP contribution >= 0.6 is 27.3 Å². The average Bonchev–Trinajstić information content (AvgIpc) is 2.99. The molecule has 0 radical (unpaired) electrons. The SMILES string of the molecule is O=C(COC(=O)c1ccc(Br)s1)NCC1(c2ccccc2)CCC1. The van der Waals surface area contributed by atoms with Crippen LogP contribution in [0.25, 0.3) is 0 Å². The second kappa shape index (κ2) is 7.49. The molecule has 0 spiro atoms. The van der Waals surface area contributed by atoms with Crippen LogP contribution in [0.2, 0.25) is 0 Å². The van der Waals surface area contributed by atoms with E-state index in [-0.39, 0.29) is 17.9 Å². The van der Waals surface area contributed by atoms with Gasteiger partial charge in [-0.05, 0) is 46.5 Å². The van der Waals surface area contributed by atoms with E-state index >= 15 is 0 Å². The summed E-state index contributed by atoms with van der Waals surface area (Å²) in [5, 5.41) is 2.91. The Hall–Kier alpha value is -1.66. The van der Waals surface area contributed by atoms with Crippen LogP contribution in [0, 0.1) is 0 Å². The van der Waals surface area contributed by atoms with Crippen LogP contribution in [0.1, 0.15) is 34.5 Å². The molecule has 3 rings (SSSR count). The van der Waals surface area contributed by atoms with Crippen LogP contribution in [-0.4, -0.2) is 25.0 Å². The summed E-state index contributed by atoms with van der Waals surface area (Å²) in [5.74, 6) is -0.733. The zero-order chi connectivity index (χ0) is 17.0. The van der Waals surface area contributed by atoms with Gasteiger partial charge in [-0.3, -0.25) is 4.79 Å². The summed E-state index contributed by atoms with van der Waals surface area (Å²) < 4.78 is 5.92. The molecule has 1 fully saturated rings. The van der Waals surface area contributed by atoms with E-state index < -0.39 is 5.97 Å². The molecule has 126 valence electrons. The maximum absolute atomic E-state index is 12.0. The number of carbonyl (C=O) groups is 2. The van der Waals surface area contributed by atoms with Crippen LogP contribution in [-0.2, 0) is 14.9 Å². The van der Waals surface area contributed by atoms with Gasteiger partial charge in [0.05, 0.1) is 3.79 Å². The summed E-state index contributed by atoms with van der Waals surface area (Å²) in [6.45, 7) is 0.331. The van der Waals surface area contributed by atoms with Gasteiger partial charge in [0.25, 0.3) is 5.91 Å². The van der Waals surface area contributed by atoms with Crippen molar-refractivity contribution in [3.8, 4) is 0 Å². The zero-order valence-corrected chi connectivity index (χ0v) is 15.5. The largest absolute Gasteiger partial charge is 0.451 e. The molecule has 1 N–H and O–H groups in total. The first-order valence-corrected chi connectivity index (χ1v) is 9.45. The third-order valence-electron chi connectivity index (χ3n) is 4.43. The Morgan fingerprint density at radius 3 is 2.50 bits per heavy atom. The van der Waals surface area contributed by atoms with Crippen molar-refractivity contribution in [2.24, 2.45) is 0 Å². The van der Waals surface area contributed by atoms with Gasteiger partial charge in [-0.1, -0.05) is 36.8 Å². The first-order valence-electron chi connectivity index (χ1n) is 7.84. The van der Waals surface area contributed by atoms with Crippen molar-refractivity contribution in [2.45, 2.75) is 24.7 Å². The van der Waals surface area contributed by atoms with Crippen LogP contribution in [0.3, 0.4) is 0 Å². The summed E-state index contributed by atoms with van der Waals surface area (Å²) in [6, 6.07) is 13.7. The molecule has 24 heavy (non-hydrogen) atoms. The summed E-state index contributed by atoms with van der Waals surface area (Å²) in [6.07, 6.45) is 3.31. The molecule has 0 atom stereocenters. The van der Waals surface area contributed by atoms with E-state index in [0.717, 1.165) is 16.6 Å². The number of benzene rings is 1. The Balaban J connectivity index is 1.49. The highest BCUT2D eigenvalue weighted by Crippen LogP contribution is 2.43. The molecule has 1 aromatic heterocycles. The number of hydrogen-bond acceptors (Lipinski definition) is 4. The highest BCUT2D eigenvalue weighted by molar-refractivity contribution is 9.11. The van der Waals surface area contributed by atoms with Crippen molar-refractivity contribution in [1.82, 2.24) is 5.32 Å². The number of hydrogen-bond donors (Lipinski definition) is 1. The Kier molecular flexibility index (Phi) is 5.36. The van der Waals surface area contributed by atoms with Crippen molar-refractivity contribution in [2.75, 3.05) is 13.2 Å². The quantitative estimate of drug-likeness (QED) is 0.738. The molecule has 0 unspecified atom stereocenters. The molecule has 1 aromatic carbocycles. The molecule has 1 saturated carbocycles. The van der Waals surface area contributed by atoms with Gasteiger partial charge in [-0.15, -0.1) is 11.3 Å². The van der Waals surface area contributed by atoms with Gasteiger partial charge in [-0.2, -0.15) is 0 Å². The Morgan fingerprint density at radius 2 is 1.92 bits per heavy atom. The second-order valence-corrected chi connectivity index (χ2v) is 8.42.